The summed E-state index contributed by atoms with van der Waals surface area (Å²) in [5, 5.41) is 12.6. The van der Waals surface area contributed by atoms with Gasteiger partial charge in [0.2, 0.25) is 0 Å². The Morgan fingerprint density at radius 2 is 0.909 bits per heavy atom. The highest BCUT2D eigenvalue weighted by molar-refractivity contribution is 6.27. The summed E-state index contributed by atoms with van der Waals surface area (Å²) in [5.41, 5.74) is 7.30. The van der Waals surface area contributed by atoms with E-state index in [0.29, 0.717) is 0 Å². The zero-order chi connectivity index (χ0) is 28.8. The maximum absolute atomic E-state index is 2.52. The first-order valence-corrected chi connectivity index (χ1v) is 15.2. The first kappa shape index (κ1) is 23.7. The number of hydrogen-bond acceptors (Lipinski definition) is 0. The quantitative estimate of drug-likeness (QED) is 0.187. The van der Waals surface area contributed by atoms with Gasteiger partial charge in [0.1, 0.15) is 0 Å². The number of fused-ring (bicyclic) bond motifs is 10. The Balaban J connectivity index is 1.46. The molecule has 10 rings (SSSR count). The molecule has 44 heavy (non-hydrogen) atoms. The van der Waals surface area contributed by atoms with Crippen molar-refractivity contribution in [1.82, 2.24) is 9.13 Å². The van der Waals surface area contributed by atoms with Gasteiger partial charge in [-0.1, -0.05) is 109 Å². The molecule has 0 aliphatic rings. The van der Waals surface area contributed by atoms with Crippen LogP contribution in [0.4, 0.5) is 0 Å². The minimum atomic E-state index is 1.17. The van der Waals surface area contributed by atoms with Crippen molar-refractivity contribution < 1.29 is 0 Å². The molecule has 2 nitrogen and oxygen atoms in total. The van der Waals surface area contributed by atoms with Crippen molar-refractivity contribution in [3.05, 3.63) is 158 Å². The Kier molecular flexibility index (Phi) is 4.75. The smallest absolute Gasteiger partial charge is 0.0641 e. The van der Waals surface area contributed by atoms with Gasteiger partial charge in [0.15, 0.2) is 0 Å². The van der Waals surface area contributed by atoms with E-state index in [4.69, 9.17) is 0 Å². The third-order valence-electron chi connectivity index (χ3n) is 9.41. The fourth-order valence-electron chi connectivity index (χ4n) is 7.57. The fraction of sp³-hybridized carbons (Fsp3) is 0. The summed E-state index contributed by atoms with van der Waals surface area (Å²) in [6, 6.07) is 57.8. The number of hydrogen-bond donors (Lipinski definition) is 0. The zero-order valence-electron chi connectivity index (χ0n) is 23.9. The number of para-hydroxylation sites is 3. The van der Waals surface area contributed by atoms with Crippen LogP contribution in [0.5, 0.6) is 0 Å². The van der Waals surface area contributed by atoms with Crippen molar-refractivity contribution in [3.63, 3.8) is 0 Å². The lowest BCUT2D eigenvalue weighted by Crippen LogP contribution is -1.98. The molecule has 0 unspecified atom stereocenters. The Hall–Kier alpha value is -5.86. The fourth-order valence-corrected chi connectivity index (χ4v) is 7.57. The van der Waals surface area contributed by atoms with Crippen LogP contribution in [0.2, 0.25) is 0 Å². The molecule has 2 aromatic heterocycles. The molecule has 0 N–H and O–H groups in total. The van der Waals surface area contributed by atoms with Gasteiger partial charge in [0.25, 0.3) is 0 Å². The van der Waals surface area contributed by atoms with Gasteiger partial charge in [-0.15, -0.1) is 0 Å². The predicted molar refractivity (Wildman–Crippen MR) is 188 cm³/mol. The van der Waals surface area contributed by atoms with Crippen LogP contribution < -0.4 is 0 Å². The second-order valence-electron chi connectivity index (χ2n) is 11.8. The third kappa shape index (κ3) is 3.14. The van der Waals surface area contributed by atoms with Gasteiger partial charge in [0.05, 0.1) is 27.8 Å². The molecule has 2 heteroatoms. The van der Waals surface area contributed by atoms with Gasteiger partial charge >= 0.3 is 0 Å². The Morgan fingerprint density at radius 3 is 1.70 bits per heavy atom. The first-order valence-electron chi connectivity index (χ1n) is 15.2. The molecule has 2 heterocycles. The van der Waals surface area contributed by atoms with Crippen LogP contribution in [0, 0.1) is 0 Å². The van der Waals surface area contributed by atoms with E-state index in [2.05, 4.69) is 167 Å². The molecule has 0 atom stereocenters. The topological polar surface area (TPSA) is 9.86 Å². The number of rotatable bonds is 2. The van der Waals surface area contributed by atoms with E-state index in [0.717, 1.165) is 0 Å². The van der Waals surface area contributed by atoms with Crippen molar-refractivity contribution in [2.24, 2.45) is 0 Å². The Morgan fingerprint density at radius 1 is 0.318 bits per heavy atom. The minimum absolute atomic E-state index is 1.17. The molecule has 0 spiro atoms. The molecular formula is C42H26N2. The number of nitrogens with zero attached hydrogens (tertiary/aromatic N) is 2. The third-order valence-corrected chi connectivity index (χ3v) is 9.41. The van der Waals surface area contributed by atoms with Crippen LogP contribution in [-0.4, -0.2) is 9.13 Å². The first-order chi connectivity index (χ1) is 21.8. The molecule has 0 aliphatic heterocycles. The number of benzene rings is 8. The molecule has 204 valence electrons. The van der Waals surface area contributed by atoms with Crippen molar-refractivity contribution in [1.29, 1.82) is 0 Å². The van der Waals surface area contributed by atoms with E-state index in [1.54, 1.807) is 0 Å². The van der Waals surface area contributed by atoms with E-state index in [-0.39, 0.29) is 0 Å². The summed E-state index contributed by atoms with van der Waals surface area (Å²) < 4.78 is 4.98. The Bertz CT molecular complexity index is 2760. The van der Waals surface area contributed by atoms with Crippen molar-refractivity contribution in [3.8, 4) is 11.4 Å². The van der Waals surface area contributed by atoms with Gasteiger partial charge in [-0.3, -0.25) is 0 Å². The standard InChI is InChI=1S/C42H26N2/c1-2-15-31(16-3-1)43-37-20-10-8-18-33(37)34-22-23-39-40(42(34)43)35-19-9-11-21-38(35)44(39)41-32-17-7-6-14-29(32)25-30-24-27-12-4-5-13-28(27)26-36(30)41/h1-26H. The lowest BCUT2D eigenvalue weighted by molar-refractivity contribution is 1.18. The van der Waals surface area contributed by atoms with Gasteiger partial charge in [-0.2, -0.15) is 0 Å². The normalized spacial score (nSPS) is 12.1. The molecule has 10 aromatic rings. The summed E-state index contributed by atoms with van der Waals surface area (Å²) in [6.45, 7) is 0. The average molecular weight is 559 g/mol. The highest BCUT2D eigenvalue weighted by Gasteiger charge is 2.22. The van der Waals surface area contributed by atoms with Gasteiger partial charge in [0, 0.05) is 38.0 Å². The zero-order valence-corrected chi connectivity index (χ0v) is 23.9. The van der Waals surface area contributed by atoms with Crippen molar-refractivity contribution in [2.45, 2.75) is 0 Å². The molecular weight excluding hydrogens is 532 g/mol. The number of aromatic nitrogens is 2. The van der Waals surface area contributed by atoms with Crippen LogP contribution in [-0.2, 0) is 0 Å². The molecule has 0 bridgehead atoms. The largest absolute Gasteiger partial charge is 0.309 e. The second-order valence-corrected chi connectivity index (χ2v) is 11.8. The van der Waals surface area contributed by atoms with Crippen molar-refractivity contribution >= 4 is 75.9 Å². The summed E-state index contributed by atoms with van der Waals surface area (Å²) in [6.07, 6.45) is 0. The van der Waals surface area contributed by atoms with E-state index in [1.165, 1.54) is 87.3 Å². The van der Waals surface area contributed by atoms with Gasteiger partial charge < -0.3 is 9.13 Å². The maximum atomic E-state index is 2.52. The molecule has 0 saturated carbocycles. The van der Waals surface area contributed by atoms with E-state index >= 15 is 0 Å². The van der Waals surface area contributed by atoms with E-state index in [1.807, 2.05) is 0 Å². The predicted octanol–water partition coefficient (Wildman–Crippen LogP) is 11.3. The molecule has 0 fully saturated rings. The lowest BCUT2D eigenvalue weighted by atomic mass is 9.97. The molecule has 0 radical (unpaired) electrons. The summed E-state index contributed by atoms with van der Waals surface area (Å²) in [5.74, 6) is 0. The van der Waals surface area contributed by atoms with Crippen LogP contribution in [0.1, 0.15) is 0 Å². The molecule has 0 saturated heterocycles. The van der Waals surface area contributed by atoms with Crippen LogP contribution in [0.3, 0.4) is 0 Å². The van der Waals surface area contributed by atoms with Crippen LogP contribution >= 0.6 is 0 Å². The van der Waals surface area contributed by atoms with Crippen LogP contribution in [0.15, 0.2) is 158 Å². The van der Waals surface area contributed by atoms with E-state index in [9.17, 15) is 0 Å². The highest BCUT2D eigenvalue weighted by Crippen LogP contribution is 2.44. The van der Waals surface area contributed by atoms with Crippen molar-refractivity contribution in [2.75, 3.05) is 0 Å². The van der Waals surface area contributed by atoms with Gasteiger partial charge in [-0.25, -0.2) is 0 Å². The highest BCUT2D eigenvalue weighted by atomic mass is 15.0. The molecule has 8 aromatic carbocycles. The summed E-state index contributed by atoms with van der Waals surface area (Å²) >= 11 is 0. The van der Waals surface area contributed by atoms with Gasteiger partial charge in [-0.05, 0) is 70.1 Å². The summed E-state index contributed by atoms with van der Waals surface area (Å²) in [4.78, 5) is 0. The second kappa shape index (κ2) is 8.82. The summed E-state index contributed by atoms with van der Waals surface area (Å²) in [7, 11) is 0. The minimum Gasteiger partial charge on any atom is -0.309 e. The van der Waals surface area contributed by atoms with E-state index < -0.39 is 0 Å². The monoisotopic (exact) mass is 558 g/mol. The maximum Gasteiger partial charge on any atom is 0.0641 e. The average Bonchev–Trinajstić information content (AvgIpc) is 3.59. The van der Waals surface area contributed by atoms with Crippen LogP contribution in [0.25, 0.3) is 87.3 Å². The Labute approximate surface area is 253 Å². The molecule has 0 aliphatic carbocycles. The SMILES string of the molecule is c1ccc(-n2c3ccccc3c3ccc4c(c5ccccc5n4-c4c5ccccc5cc5cc6ccccc6cc45)c32)cc1. The lowest BCUT2D eigenvalue weighted by Gasteiger charge is -2.16. The molecule has 0 amide bonds.